The fraction of sp³-hybridized carbons (Fsp3) is 0.333. The quantitative estimate of drug-likeness (QED) is 0.387. The van der Waals surface area contributed by atoms with Crippen LogP contribution in [0.4, 0.5) is 23.2 Å². The molecule has 0 aliphatic rings. The Morgan fingerprint density at radius 3 is 2.35 bits per heavy atom. The Hall–Kier alpha value is -3.09. The predicted molar refractivity (Wildman–Crippen MR) is 106 cm³/mol. The topological polar surface area (TPSA) is 127 Å². The summed E-state index contributed by atoms with van der Waals surface area (Å²) in [5, 5.41) is 2.31. The van der Waals surface area contributed by atoms with Crippen molar-refractivity contribution in [3.8, 4) is 0 Å². The molecule has 0 fully saturated rings. The van der Waals surface area contributed by atoms with Crippen molar-refractivity contribution < 1.29 is 30.8 Å². The van der Waals surface area contributed by atoms with Crippen LogP contribution >= 0.6 is 0 Å². The number of benzene rings is 1. The van der Waals surface area contributed by atoms with Gasteiger partial charge >= 0.3 is 6.18 Å². The summed E-state index contributed by atoms with van der Waals surface area (Å²) >= 11 is 0. The van der Waals surface area contributed by atoms with E-state index >= 15 is 0 Å². The maximum absolute atomic E-state index is 14.2. The highest BCUT2D eigenvalue weighted by atomic mass is 32.2. The summed E-state index contributed by atoms with van der Waals surface area (Å²) in [4.78, 5) is 22.4. The minimum Gasteiger partial charge on any atom is -0.386 e. The first kappa shape index (κ1) is 24.2. The molecule has 0 radical (unpaired) electrons. The molecule has 0 spiro atoms. The van der Waals surface area contributed by atoms with Gasteiger partial charge in [-0.1, -0.05) is 0 Å². The molecule has 8 nitrogen and oxygen atoms in total. The fourth-order valence-electron chi connectivity index (χ4n) is 2.36. The van der Waals surface area contributed by atoms with E-state index in [9.17, 15) is 30.8 Å². The third-order valence-electron chi connectivity index (χ3n) is 4.46. The summed E-state index contributed by atoms with van der Waals surface area (Å²) in [6.07, 6.45) is -3.67. The van der Waals surface area contributed by atoms with Gasteiger partial charge in [-0.3, -0.25) is 9.79 Å². The number of sulfone groups is 1. The number of anilines is 1. The first-order chi connectivity index (χ1) is 14.2. The minimum absolute atomic E-state index is 0.00762. The number of carbonyl (C=O) groups is 1. The number of aromatic nitrogens is 2. The summed E-state index contributed by atoms with van der Waals surface area (Å²) in [7, 11) is -2.67. The Bertz CT molecular complexity index is 1110. The molecule has 0 saturated carbocycles. The first-order valence-corrected chi connectivity index (χ1v) is 10.3. The van der Waals surface area contributed by atoms with Crippen LogP contribution in [-0.4, -0.2) is 41.9 Å². The van der Waals surface area contributed by atoms with Gasteiger partial charge in [0.1, 0.15) is 22.1 Å². The lowest BCUT2D eigenvalue weighted by Gasteiger charge is -2.24. The van der Waals surface area contributed by atoms with Crippen LogP contribution in [0.2, 0.25) is 0 Å². The molecule has 168 valence electrons. The highest BCUT2D eigenvalue weighted by Crippen LogP contribution is 2.27. The molecule has 0 aliphatic heterocycles. The van der Waals surface area contributed by atoms with Crippen LogP contribution in [0, 0.1) is 5.82 Å². The van der Waals surface area contributed by atoms with Gasteiger partial charge in [0.25, 0.3) is 5.91 Å². The van der Waals surface area contributed by atoms with E-state index in [0.717, 1.165) is 18.2 Å². The molecule has 0 unspecified atom stereocenters. The number of halogens is 4. The molecule has 1 aromatic heterocycles. The van der Waals surface area contributed by atoms with Crippen molar-refractivity contribution in [2.75, 3.05) is 12.4 Å². The van der Waals surface area contributed by atoms with Crippen molar-refractivity contribution in [2.45, 2.75) is 30.5 Å². The van der Waals surface area contributed by atoms with Gasteiger partial charge in [0.05, 0.1) is 18.1 Å². The van der Waals surface area contributed by atoms with Crippen molar-refractivity contribution in [3.05, 3.63) is 53.4 Å². The molecule has 1 amide bonds. The third kappa shape index (κ3) is 5.34. The molecule has 0 aliphatic carbocycles. The zero-order valence-corrected chi connectivity index (χ0v) is 17.5. The summed E-state index contributed by atoms with van der Waals surface area (Å²) in [5.41, 5.74) is 3.74. The number of aliphatic imine (C=N–C) groups is 1. The Morgan fingerprint density at radius 1 is 1.19 bits per heavy atom. The van der Waals surface area contributed by atoms with Crippen molar-refractivity contribution in [1.82, 2.24) is 9.97 Å². The average Bonchev–Trinajstić information content (AvgIpc) is 2.68. The number of alkyl halides is 3. The lowest BCUT2D eigenvalue weighted by molar-refractivity contribution is -0.141. The number of rotatable bonds is 6. The predicted octanol–water partition coefficient (Wildman–Crippen LogP) is 2.57. The van der Waals surface area contributed by atoms with Crippen molar-refractivity contribution in [1.29, 1.82) is 0 Å². The van der Waals surface area contributed by atoms with Gasteiger partial charge in [-0.15, -0.1) is 0 Å². The van der Waals surface area contributed by atoms with E-state index in [-0.39, 0.29) is 17.1 Å². The molecule has 1 aromatic carbocycles. The van der Waals surface area contributed by atoms with Crippen LogP contribution in [0.25, 0.3) is 0 Å². The molecular weight excluding hydrogens is 442 g/mol. The second-order valence-electron chi connectivity index (χ2n) is 6.92. The van der Waals surface area contributed by atoms with E-state index < -0.39 is 49.6 Å². The Balaban J connectivity index is 2.26. The Morgan fingerprint density at radius 2 is 1.84 bits per heavy atom. The molecular formula is C18H19F4N5O3S. The van der Waals surface area contributed by atoms with E-state index in [0.29, 0.717) is 12.4 Å². The van der Waals surface area contributed by atoms with Gasteiger partial charge in [-0.2, -0.15) is 13.2 Å². The molecule has 2 rings (SSSR count). The first-order valence-electron chi connectivity index (χ1n) is 8.63. The molecule has 1 heterocycles. The van der Waals surface area contributed by atoms with Gasteiger partial charge in [0, 0.05) is 18.3 Å². The largest absolute Gasteiger partial charge is 0.434 e. The van der Waals surface area contributed by atoms with Crippen molar-refractivity contribution >= 4 is 27.3 Å². The van der Waals surface area contributed by atoms with Gasteiger partial charge < -0.3 is 11.1 Å². The van der Waals surface area contributed by atoms with Crippen LogP contribution < -0.4 is 11.1 Å². The van der Waals surface area contributed by atoms with Crippen LogP contribution in [0.15, 0.2) is 35.6 Å². The number of hydrogen-bond acceptors (Lipinski definition) is 6. The number of hydrogen-bond donors (Lipinski definition) is 2. The van der Waals surface area contributed by atoms with Crippen LogP contribution in [0.3, 0.4) is 0 Å². The number of amidine groups is 1. The Kier molecular flexibility index (Phi) is 6.69. The number of nitrogens with zero attached hydrogens (tertiary/aromatic N) is 3. The minimum atomic E-state index is -4.71. The van der Waals surface area contributed by atoms with E-state index in [4.69, 9.17) is 5.73 Å². The molecule has 13 heteroatoms. The van der Waals surface area contributed by atoms with Gasteiger partial charge in [0.2, 0.25) is 0 Å². The number of nitrogens with one attached hydrogen (secondary N) is 1. The number of carbonyl (C=O) groups excluding carboxylic acids is 1. The van der Waals surface area contributed by atoms with E-state index in [1.165, 1.54) is 20.9 Å². The maximum atomic E-state index is 14.2. The summed E-state index contributed by atoms with van der Waals surface area (Å²) in [6.45, 7) is 2.66. The standard InChI is InChI=1S/C18H19F4N5O3S/c1-17(2,16(23)24-3)31(29,30)9-10-6-11(4-5-12(10)19)27-15(28)13-7-26-14(8-25-13)18(20,21)22/h4-8H,9H2,1-3H3,(H2,23,24)(H,27,28). The average molecular weight is 461 g/mol. The van der Waals surface area contributed by atoms with Crippen LogP contribution in [0.5, 0.6) is 0 Å². The molecule has 0 bridgehead atoms. The molecule has 2 aromatic rings. The van der Waals surface area contributed by atoms with Gasteiger partial charge in [-0.25, -0.2) is 22.8 Å². The van der Waals surface area contributed by atoms with Gasteiger partial charge in [-0.05, 0) is 32.0 Å². The van der Waals surface area contributed by atoms with Crippen molar-refractivity contribution in [3.63, 3.8) is 0 Å². The zero-order chi connectivity index (χ0) is 23.6. The highest BCUT2D eigenvalue weighted by Gasteiger charge is 2.38. The summed E-state index contributed by atoms with van der Waals surface area (Å²) in [5.74, 6) is -2.63. The van der Waals surface area contributed by atoms with Gasteiger partial charge in [0.15, 0.2) is 15.5 Å². The van der Waals surface area contributed by atoms with E-state index in [1.807, 2.05) is 0 Å². The fourth-order valence-corrected chi connectivity index (χ4v) is 3.77. The zero-order valence-electron chi connectivity index (χ0n) is 16.7. The summed E-state index contributed by atoms with van der Waals surface area (Å²) in [6, 6.07) is 3.20. The van der Waals surface area contributed by atoms with E-state index in [2.05, 4.69) is 20.3 Å². The second-order valence-corrected chi connectivity index (χ2v) is 9.46. The lowest BCUT2D eigenvalue weighted by atomic mass is 10.2. The maximum Gasteiger partial charge on any atom is 0.434 e. The van der Waals surface area contributed by atoms with E-state index in [1.54, 1.807) is 0 Å². The number of nitrogens with two attached hydrogens (primary N) is 1. The second kappa shape index (κ2) is 8.57. The lowest BCUT2D eigenvalue weighted by Crippen LogP contribution is -2.46. The number of amides is 1. The monoisotopic (exact) mass is 461 g/mol. The van der Waals surface area contributed by atoms with Crippen LogP contribution in [-0.2, 0) is 21.8 Å². The molecule has 3 N–H and O–H groups in total. The van der Waals surface area contributed by atoms with Crippen LogP contribution in [0.1, 0.15) is 35.6 Å². The normalized spacial score (nSPS) is 13.2. The molecule has 31 heavy (non-hydrogen) atoms. The third-order valence-corrected chi connectivity index (χ3v) is 6.91. The van der Waals surface area contributed by atoms with Crippen molar-refractivity contribution in [2.24, 2.45) is 10.7 Å². The smallest absolute Gasteiger partial charge is 0.386 e. The Labute approximate surface area is 175 Å². The molecule has 0 saturated heterocycles. The SMILES string of the molecule is CN=C(N)C(C)(C)S(=O)(=O)Cc1cc(NC(=O)c2cnc(C(F)(F)F)cn2)ccc1F. The summed E-state index contributed by atoms with van der Waals surface area (Å²) < 4.78 is 75.7. The molecule has 0 atom stereocenters. The highest BCUT2D eigenvalue weighted by molar-refractivity contribution is 7.92.